The summed E-state index contributed by atoms with van der Waals surface area (Å²) >= 11 is 0. The molecule has 0 radical (unpaired) electrons. The Balaban J connectivity index is 1.83. The van der Waals surface area contributed by atoms with Crippen LogP contribution in [-0.4, -0.2) is 23.7 Å². The molecule has 1 aliphatic rings. The van der Waals surface area contributed by atoms with E-state index in [1.54, 1.807) is 6.20 Å². The molecule has 1 fully saturated rings. The van der Waals surface area contributed by atoms with Gasteiger partial charge in [0.05, 0.1) is 12.2 Å². The summed E-state index contributed by atoms with van der Waals surface area (Å²) in [5.41, 5.74) is 7.13. The molecule has 0 spiro atoms. The number of nitrogens with two attached hydrogens (primary N) is 1. The van der Waals surface area contributed by atoms with Crippen molar-refractivity contribution < 1.29 is 4.74 Å². The highest BCUT2D eigenvalue weighted by atomic mass is 16.5. The van der Waals surface area contributed by atoms with Crippen LogP contribution in [-0.2, 0) is 11.2 Å². The van der Waals surface area contributed by atoms with Gasteiger partial charge in [0.15, 0.2) is 0 Å². The Morgan fingerprint density at radius 3 is 2.61 bits per heavy atom. The van der Waals surface area contributed by atoms with Crippen LogP contribution in [0.25, 0.3) is 0 Å². The number of ether oxygens (including phenoxy) is 1. The molecule has 2 N–H and O–H groups in total. The van der Waals surface area contributed by atoms with Crippen molar-refractivity contribution in [2.45, 2.75) is 50.5 Å². The van der Waals surface area contributed by atoms with Crippen molar-refractivity contribution in [3.63, 3.8) is 0 Å². The molecular weight excluding hydrogens is 224 g/mol. The Kier molecular flexibility index (Phi) is 5.14. The van der Waals surface area contributed by atoms with E-state index in [-0.39, 0.29) is 5.60 Å². The number of aromatic nitrogens is 1. The summed E-state index contributed by atoms with van der Waals surface area (Å²) in [6, 6.07) is 4.07. The fraction of sp³-hybridized carbons (Fsp3) is 0.667. The molecule has 0 atom stereocenters. The van der Waals surface area contributed by atoms with E-state index in [1.165, 1.54) is 31.2 Å². The highest BCUT2D eigenvalue weighted by Crippen LogP contribution is 2.29. The largest absolute Gasteiger partial charge is 0.373 e. The molecule has 18 heavy (non-hydrogen) atoms. The summed E-state index contributed by atoms with van der Waals surface area (Å²) in [7, 11) is 0. The minimum absolute atomic E-state index is 0.0568. The van der Waals surface area contributed by atoms with Crippen molar-refractivity contribution in [2.75, 3.05) is 13.2 Å². The second kappa shape index (κ2) is 6.86. The van der Waals surface area contributed by atoms with Crippen molar-refractivity contribution in [1.29, 1.82) is 0 Å². The van der Waals surface area contributed by atoms with E-state index in [2.05, 4.69) is 11.1 Å². The molecule has 0 aliphatic heterocycles. The molecule has 1 heterocycles. The third-order valence-electron chi connectivity index (χ3n) is 3.91. The number of hydrogen-bond acceptors (Lipinski definition) is 3. The molecule has 1 aromatic heterocycles. The van der Waals surface area contributed by atoms with Crippen molar-refractivity contribution in [3.05, 3.63) is 30.1 Å². The maximum Gasteiger partial charge on any atom is 0.0804 e. The van der Waals surface area contributed by atoms with E-state index in [1.807, 2.05) is 12.3 Å². The van der Waals surface area contributed by atoms with Crippen molar-refractivity contribution >= 4 is 0 Å². The van der Waals surface area contributed by atoms with Gasteiger partial charge in [-0.25, -0.2) is 0 Å². The van der Waals surface area contributed by atoms with Gasteiger partial charge in [-0.1, -0.05) is 31.7 Å². The molecule has 0 unspecified atom stereocenters. The number of nitrogens with zero attached hydrogens (tertiary/aromatic N) is 1. The summed E-state index contributed by atoms with van der Waals surface area (Å²) in [6.45, 7) is 1.41. The molecule has 3 heteroatoms. The van der Waals surface area contributed by atoms with E-state index < -0.39 is 0 Å². The lowest BCUT2D eigenvalue weighted by molar-refractivity contribution is -0.0479. The van der Waals surface area contributed by atoms with Crippen LogP contribution < -0.4 is 5.73 Å². The quantitative estimate of drug-likeness (QED) is 0.815. The molecule has 1 aliphatic carbocycles. The van der Waals surface area contributed by atoms with E-state index in [0.717, 1.165) is 25.9 Å². The summed E-state index contributed by atoms with van der Waals surface area (Å²) in [5.74, 6) is 0. The molecule has 2 rings (SSSR count). The van der Waals surface area contributed by atoms with Gasteiger partial charge in [0, 0.05) is 18.9 Å². The third kappa shape index (κ3) is 3.79. The van der Waals surface area contributed by atoms with Gasteiger partial charge in [-0.3, -0.25) is 4.98 Å². The van der Waals surface area contributed by atoms with Gasteiger partial charge in [0.2, 0.25) is 0 Å². The highest BCUT2D eigenvalue weighted by Gasteiger charge is 2.29. The van der Waals surface area contributed by atoms with Gasteiger partial charge in [0.1, 0.15) is 0 Å². The molecule has 1 saturated carbocycles. The predicted octanol–water partition coefficient (Wildman–Crippen LogP) is 2.69. The second-order valence-corrected chi connectivity index (χ2v) is 5.26. The van der Waals surface area contributed by atoms with Gasteiger partial charge in [-0.15, -0.1) is 0 Å². The minimum Gasteiger partial charge on any atom is -0.373 e. The minimum atomic E-state index is -0.0568. The average molecular weight is 248 g/mol. The second-order valence-electron chi connectivity index (χ2n) is 5.26. The normalized spacial score (nSPS) is 19.4. The smallest absolute Gasteiger partial charge is 0.0804 e. The number of pyridine rings is 1. The van der Waals surface area contributed by atoms with Crippen molar-refractivity contribution in [3.8, 4) is 0 Å². The van der Waals surface area contributed by atoms with Gasteiger partial charge < -0.3 is 10.5 Å². The highest BCUT2D eigenvalue weighted by molar-refractivity contribution is 5.08. The SMILES string of the molecule is NCC1(OCCc2cccnc2)CCCCCC1. The van der Waals surface area contributed by atoms with Crippen LogP contribution in [0.3, 0.4) is 0 Å². The Labute approximate surface area is 110 Å². The van der Waals surface area contributed by atoms with E-state index in [9.17, 15) is 0 Å². The Hall–Kier alpha value is -0.930. The summed E-state index contributed by atoms with van der Waals surface area (Å²) in [5, 5.41) is 0. The lowest BCUT2D eigenvalue weighted by atomic mass is 9.94. The zero-order valence-corrected chi connectivity index (χ0v) is 11.1. The van der Waals surface area contributed by atoms with Crippen LogP contribution in [0.4, 0.5) is 0 Å². The monoisotopic (exact) mass is 248 g/mol. The Morgan fingerprint density at radius 1 is 1.22 bits per heavy atom. The standard InChI is InChI=1S/C15H24N2O/c16-13-15(8-3-1-2-4-9-15)18-11-7-14-6-5-10-17-12-14/h5-6,10,12H,1-4,7-9,11,13,16H2. The summed E-state index contributed by atoms with van der Waals surface area (Å²) in [4.78, 5) is 4.12. The molecule has 1 aromatic rings. The first-order valence-corrected chi connectivity index (χ1v) is 7.08. The fourth-order valence-electron chi connectivity index (χ4n) is 2.71. The fourth-order valence-corrected chi connectivity index (χ4v) is 2.71. The number of rotatable bonds is 5. The first-order chi connectivity index (χ1) is 8.85. The van der Waals surface area contributed by atoms with Crippen LogP contribution in [0.5, 0.6) is 0 Å². The van der Waals surface area contributed by atoms with Crippen molar-refractivity contribution in [2.24, 2.45) is 5.73 Å². The lowest BCUT2D eigenvalue weighted by Gasteiger charge is -2.31. The third-order valence-corrected chi connectivity index (χ3v) is 3.91. The summed E-state index contributed by atoms with van der Waals surface area (Å²) < 4.78 is 6.15. The predicted molar refractivity (Wildman–Crippen MR) is 73.4 cm³/mol. The van der Waals surface area contributed by atoms with Crippen molar-refractivity contribution in [1.82, 2.24) is 4.98 Å². The molecule has 100 valence electrons. The van der Waals surface area contributed by atoms with Gasteiger partial charge in [0.25, 0.3) is 0 Å². The Morgan fingerprint density at radius 2 is 2.00 bits per heavy atom. The zero-order chi connectivity index (χ0) is 12.7. The molecule has 0 saturated heterocycles. The van der Waals surface area contributed by atoms with Crippen LogP contribution >= 0.6 is 0 Å². The van der Waals surface area contributed by atoms with Crippen LogP contribution in [0, 0.1) is 0 Å². The van der Waals surface area contributed by atoms with E-state index in [4.69, 9.17) is 10.5 Å². The first kappa shape index (κ1) is 13.5. The molecule has 0 bridgehead atoms. The van der Waals surface area contributed by atoms with Gasteiger partial charge in [-0.05, 0) is 30.9 Å². The molecule has 0 amide bonds. The molecular formula is C15H24N2O. The van der Waals surface area contributed by atoms with Crippen LogP contribution in [0.1, 0.15) is 44.1 Å². The average Bonchev–Trinajstić information content (AvgIpc) is 2.66. The Bertz CT molecular complexity index is 332. The maximum atomic E-state index is 6.15. The maximum absolute atomic E-state index is 6.15. The van der Waals surface area contributed by atoms with E-state index >= 15 is 0 Å². The lowest BCUT2D eigenvalue weighted by Crippen LogP contribution is -2.40. The molecule has 0 aromatic carbocycles. The zero-order valence-electron chi connectivity index (χ0n) is 11.1. The van der Waals surface area contributed by atoms with Crippen LogP contribution in [0.2, 0.25) is 0 Å². The van der Waals surface area contributed by atoms with Gasteiger partial charge >= 0.3 is 0 Å². The number of hydrogen-bond donors (Lipinski definition) is 1. The topological polar surface area (TPSA) is 48.1 Å². The van der Waals surface area contributed by atoms with Gasteiger partial charge in [-0.2, -0.15) is 0 Å². The van der Waals surface area contributed by atoms with E-state index in [0.29, 0.717) is 6.54 Å². The summed E-state index contributed by atoms with van der Waals surface area (Å²) in [6.07, 6.45) is 12.0. The van der Waals surface area contributed by atoms with Crippen LogP contribution in [0.15, 0.2) is 24.5 Å². The first-order valence-electron chi connectivity index (χ1n) is 7.08. The molecule has 3 nitrogen and oxygen atoms in total.